The molecule has 4 nitrogen and oxygen atoms in total. The molecule has 2 aliphatic rings. The summed E-state index contributed by atoms with van der Waals surface area (Å²) in [5, 5.41) is 6.66. The van der Waals surface area contributed by atoms with Crippen molar-refractivity contribution in [2.45, 2.75) is 43.7 Å². The third kappa shape index (κ3) is 4.00. The van der Waals surface area contributed by atoms with E-state index in [1.807, 2.05) is 6.07 Å². The molecule has 1 aliphatic carbocycles. The molecule has 0 radical (unpaired) electrons. The van der Waals surface area contributed by atoms with Gasteiger partial charge in [-0.25, -0.2) is 0 Å². The largest absolute Gasteiger partial charge is 0.378 e. The van der Waals surface area contributed by atoms with Crippen LogP contribution in [0.15, 0.2) is 30.3 Å². The summed E-state index contributed by atoms with van der Waals surface area (Å²) in [6.07, 6.45) is 4.93. The summed E-state index contributed by atoms with van der Waals surface area (Å²) >= 11 is 0. The Morgan fingerprint density at radius 3 is 2.64 bits per heavy atom. The highest BCUT2D eigenvalue weighted by Crippen LogP contribution is 2.38. The molecule has 122 valence electrons. The second-order valence-corrected chi connectivity index (χ2v) is 6.13. The second kappa shape index (κ2) is 7.95. The first kappa shape index (κ1) is 17.3. The third-order valence-corrected chi connectivity index (χ3v) is 4.59. The van der Waals surface area contributed by atoms with Crippen LogP contribution in [0.25, 0.3) is 0 Å². The van der Waals surface area contributed by atoms with Gasteiger partial charge in [0.2, 0.25) is 5.91 Å². The van der Waals surface area contributed by atoms with Crippen LogP contribution in [0.3, 0.4) is 0 Å². The van der Waals surface area contributed by atoms with Gasteiger partial charge in [0.25, 0.3) is 0 Å². The molecule has 3 rings (SSSR count). The van der Waals surface area contributed by atoms with E-state index in [4.69, 9.17) is 4.74 Å². The summed E-state index contributed by atoms with van der Waals surface area (Å²) in [6.45, 7) is 2.21. The number of ether oxygens (including phenoxy) is 1. The number of rotatable bonds is 4. The fourth-order valence-corrected chi connectivity index (χ4v) is 3.51. The Bertz CT molecular complexity index is 469. The van der Waals surface area contributed by atoms with E-state index in [0.29, 0.717) is 13.0 Å². The van der Waals surface area contributed by atoms with Crippen molar-refractivity contribution in [1.82, 2.24) is 10.6 Å². The number of hydrogen-bond acceptors (Lipinski definition) is 3. The molecule has 1 unspecified atom stereocenters. The van der Waals surface area contributed by atoms with Crippen molar-refractivity contribution in [3.05, 3.63) is 35.9 Å². The Kier molecular flexibility index (Phi) is 6.24. The maximum absolute atomic E-state index is 12.4. The lowest BCUT2D eigenvalue weighted by molar-refractivity contribution is -0.124. The minimum Gasteiger partial charge on any atom is -0.378 e. The van der Waals surface area contributed by atoms with Crippen LogP contribution in [-0.2, 0) is 15.1 Å². The molecule has 22 heavy (non-hydrogen) atoms. The first-order chi connectivity index (χ1) is 10.3. The van der Waals surface area contributed by atoms with Crippen LogP contribution in [0.4, 0.5) is 0 Å². The van der Waals surface area contributed by atoms with Gasteiger partial charge in [0.15, 0.2) is 0 Å². The minimum absolute atomic E-state index is 0. The van der Waals surface area contributed by atoms with Crippen molar-refractivity contribution >= 4 is 18.3 Å². The highest BCUT2D eigenvalue weighted by atomic mass is 35.5. The van der Waals surface area contributed by atoms with E-state index in [2.05, 4.69) is 34.9 Å². The van der Waals surface area contributed by atoms with Crippen LogP contribution in [0.5, 0.6) is 0 Å². The molecule has 0 bridgehead atoms. The quantitative estimate of drug-likeness (QED) is 0.894. The van der Waals surface area contributed by atoms with Crippen LogP contribution in [0.2, 0.25) is 0 Å². The van der Waals surface area contributed by atoms with Crippen LogP contribution in [-0.4, -0.2) is 31.7 Å². The van der Waals surface area contributed by atoms with Gasteiger partial charge in [0.1, 0.15) is 0 Å². The summed E-state index contributed by atoms with van der Waals surface area (Å²) in [6, 6.07) is 10.5. The van der Waals surface area contributed by atoms with E-state index in [-0.39, 0.29) is 29.9 Å². The van der Waals surface area contributed by atoms with E-state index in [0.717, 1.165) is 26.0 Å². The van der Waals surface area contributed by atoms with E-state index >= 15 is 0 Å². The fourth-order valence-electron chi connectivity index (χ4n) is 3.51. The zero-order valence-electron chi connectivity index (χ0n) is 12.8. The third-order valence-electron chi connectivity index (χ3n) is 4.59. The summed E-state index contributed by atoms with van der Waals surface area (Å²) < 4.78 is 5.42. The Labute approximate surface area is 138 Å². The van der Waals surface area contributed by atoms with Gasteiger partial charge >= 0.3 is 0 Å². The number of morpholine rings is 1. The SMILES string of the molecule is Cl.O=C(CC1COCCN1)NC1(c2ccccc2)CCCC1. The molecule has 1 heterocycles. The zero-order chi connectivity index (χ0) is 14.5. The van der Waals surface area contributed by atoms with Gasteiger partial charge < -0.3 is 15.4 Å². The molecule has 1 saturated carbocycles. The van der Waals surface area contributed by atoms with Gasteiger partial charge in [-0.1, -0.05) is 43.2 Å². The van der Waals surface area contributed by atoms with Crippen molar-refractivity contribution < 1.29 is 9.53 Å². The predicted molar refractivity (Wildman–Crippen MR) is 89.2 cm³/mol. The van der Waals surface area contributed by atoms with Gasteiger partial charge in [-0.15, -0.1) is 12.4 Å². The summed E-state index contributed by atoms with van der Waals surface area (Å²) in [5.74, 6) is 0.128. The first-order valence-corrected chi connectivity index (χ1v) is 7.96. The maximum Gasteiger partial charge on any atom is 0.222 e. The molecule has 2 N–H and O–H groups in total. The van der Waals surface area contributed by atoms with Crippen molar-refractivity contribution in [2.24, 2.45) is 0 Å². The lowest BCUT2D eigenvalue weighted by atomic mass is 9.88. The Morgan fingerprint density at radius 2 is 2.00 bits per heavy atom. The first-order valence-electron chi connectivity index (χ1n) is 7.96. The van der Waals surface area contributed by atoms with E-state index in [1.54, 1.807) is 0 Å². The van der Waals surface area contributed by atoms with Gasteiger partial charge in [-0.05, 0) is 18.4 Å². The molecule has 1 aromatic carbocycles. The van der Waals surface area contributed by atoms with E-state index < -0.39 is 0 Å². The normalized spacial score (nSPS) is 23.5. The number of amides is 1. The molecule has 1 atom stereocenters. The molecule has 1 amide bonds. The molecule has 0 spiro atoms. The number of carbonyl (C=O) groups is 1. The summed E-state index contributed by atoms with van der Waals surface area (Å²) in [5.41, 5.74) is 1.08. The van der Waals surface area contributed by atoms with Crippen molar-refractivity contribution in [3.8, 4) is 0 Å². The van der Waals surface area contributed by atoms with Crippen molar-refractivity contribution in [3.63, 3.8) is 0 Å². The summed E-state index contributed by atoms with van der Waals surface area (Å²) in [4.78, 5) is 12.4. The van der Waals surface area contributed by atoms with Gasteiger partial charge in [-0.3, -0.25) is 4.79 Å². The number of nitrogens with one attached hydrogen (secondary N) is 2. The second-order valence-electron chi connectivity index (χ2n) is 6.13. The molecular weight excluding hydrogens is 300 g/mol. The monoisotopic (exact) mass is 324 g/mol. The number of hydrogen-bond donors (Lipinski definition) is 2. The summed E-state index contributed by atoms with van der Waals surface area (Å²) in [7, 11) is 0. The van der Waals surface area contributed by atoms with E-state index in [9.17, 15) is 4.79 Å². The lowest BCUT2D eigenvalue weighted by Crippen LogP contribution is -2.48. The Hall–Kier alpha value is -1.10. The Balaban J connectivity index is 0.00000176. The molecule has 2 fully saturated rings. The maximum atomic E-state index is 12.4. The fraction of sp³-hybridized carbons (Fsp3) is 0.588. The zero-order valence-corrected chi connectivity index (χ0v) is 13.7. The highest BCUT2D eigenvalue weighted by molar-refractivity contribution is 5.85. The van der Waals surface area contributed by atoms with E-state index in [1.165, 1.54) is 18.4 Å². The smallest absolute Gasteiger partial charge is 0.222 e. The van der Waals surface area contributed by atoms with Crippen molar-refractivity contribution in [1.29, 1.82) is 0 Å². The lowest BCUT2D eigenvalue weighted by Gasteiger charge is -2.32. The van der Waals surface area contributed by atoms with Gasteiger partial charge in [-0.2, -0.15) is 0 Å². The number of halogens is 1. The number of benzene rings is 1. The van der Waals surface area contributed by atoms with Gasteiger partial charge in [0.05, 0.1) is 18.8 Å². The van der Waals surface area contributed by atoms with Crippen LogP contribution in [0.1, 0.15) is 37.7 Å². The molecule has 1 aliphatic heterocycles. The highest BCUT2D eigenvalue weighted by Gasteiger charge is 2.37. The average molecular weight is 325 g/mol. The average Bonchev–Trinajstić information content (AvgIpc) is 2.99. The topological polar surface area (TPSA) is 50.4 Å². The predicted octanol–water partition coefficient (Wildman–Crippen LogP) is 2.37. The van der Waals surface area contributed by atoms with Crippen LogP contribution >= 0.6 is 12.4 Å². The Morgan fingerprint density at radius 1 is 1.27 bits per heavy atom. The molecule has 1 aromatic rings. The molecule has 5 heteroatoms. The van der Waals surface area contributed by atoms with Gasteiger partial charge in [0, 0.05) is 19.0 Å². The molecule has 0 aromatic heterocycles. The minimum atomic E-state index is -0.159. The number of carbonyl (C=O) groups excluding carboxylic acids is 1. The standard InChI is InChI=1S/C17H24N2O2.ClH/c20-16(12-15-13-21-11-10-18-15)19-17(8-4-5-9-17)14-6-2-1-3-7-14;/h1-3,6-7,15,18H,4-5,8-13H2,(H,19,20);1H. The van der Waals surface area contributed by atoms with Crippen molar-refractivity contribution in [2.75, 3.05) is 19.8 Å². The molecular formula is C17H25ClN2O2. The van der Waals surface area contributed by atoms with Crippen LogP contribution in [0, 0.1) is 0 Å². The van der Waals surface area contributed by atoms with Crippen LogP contribution < -0.4 is 10.6 Å². The molecule has 1 saturated heterocycles.